The van der Waals surface area contributed by atoms with Crippen molar-refractivity contribution in [1.82, 2.24) is 10.3 Å². The molecule has 0 radical (unpaired) electrons. The molecule has 1 heterocycles. The molecule has 3 N–H and O–H groups in total. The van der Waals surface area contributed by atoms with E-state index in [1.165, 1.54) is 31.3 Å². The number of nitroso groups, excluding NO2 is 1. The average Bonchev–Trinajstić information content (AvgIpc) is 2.54. The van der Waals surface area contributed by atoms with Crippen molar-refractivity contribution in [1.29, 1.82) is 0 Å². The first-order valence-corrected chi connectivity index (χ1v) is 7.05. The molecule has 0 aliphatic heterocycles. The van der Waals surface area contributed by atoms with Crippen molar-refractivity contribution in [3.8, 4) is 0 Å². The van der Waals surface area contributed by atoms with Crippen LogP contribution >= 0.6 is 0 Å². The molecule has 0 bridgehead atoms. The highest BCUT2D eigenvalue weighted by Gasteiger charge is 2.20. The summed E-state index contributed by atoms with van der Waals surface area (Å²) in [5.74, 6) is -0.141. The summed E-state index contributed by atoms with van der Waals surface area (Å²) in [5.41, 5.74) is 6.21. The van der Waals surface area contributed by atoms with Gasteiger partial charge >= 0.3 is 0 Å². The maximum atomic E-state index is 11.9. The first kappa shape index (κ1) is 18.2. The van der Waals surface area contributed by atoms with Gasteiger partial charge in [-0.05, 0) is 24.6 Å². The molecule has 0 aliphatic rings. The number of rotatable bonds is 8. The monoisotopic (exact) mass is 321 g/mol. The van der Waals surface area contributed by atoms with Crippen molar-refractivity contribution < 1.29 is 9.72 Å². The third-order valence-electron chi connectivity index (χ3n) is 3.32. The van der Waals surface area contributed by atoms with Gasteiger partial charge in [0.15, 0.2) is 0 Å². The second-order valence-corrected chi connectivity index (χ2v) is 4.91. The molecule has 9 heteroatoms. The zero-order valence-electron chi connectivity index (χ0n) is 12.9. The minimum Gasteiger partial charge on any atom is -0.384 e. The smallest absolute Gasteiger partial charge is 0.252 e. The van der Waals surface area contributed by atoms with E-state index in [9.17, 15) is 19.8 Å². The molecule has 0 saturated heterocycles. The Morgan fingerprint density at radius 2 is 2.26 bits per heavy atom. The molecule has 0 saturated carbocycles. The van der Waals surface area contributed by atoms with E-state index in [2.05, 4.69) is 15.5 Å². The Morgan fingerprint density at radius 1 is 1.57 bits per heavy atom. The molecule has 0 spiro atoms. The van der Waals surface area contributed by atoms with E-state index in [-0.39, 0.29) is 6.54 Å². The predicted molar refractivity (Wildman–Crippen MR) is 85.4 cm³/mol. The van der Waals surface area contributed by atoms with Crippen LogP contribution in [0.15, 0.2) is 35.2 Å². The maximum Gasteiger partial charge on any atom is 0.252 e. The Morgan fingerprint density at radius 3 is 2.74 bits per heavy atom. The highest BCUT2D eigenvalue weighted by atomic mass is 16.6. The normalized spacial score (nSPS) is 13.9. The summed E-state index contributed by atoms with van der Waals surface area (Å²) >= 11 is 0. The number of carbonyl (C=O) groups excluding carboxylic acids is 1. The first-order chi connectivity index (χ1) is 10.9. The quantitative estimate of drug-likeness (QED) is 0.322. The van der Waals surface area contributed by atoms with Crippen LogP contribution in [0.25, 0.3) is 0 Å². The van der Waals surface area contributed by atoms with Crippen molar-refractivity contribution in [3.63, 3.8) is 0 Å². The van der Waals surface area contributed by atoms with Crippen LogP contribution in [0.4, 0.5) is 5.82 Å². The molecule has 0 aliphatic carbocycles. The number of aromatic nitrogens is 1. The summed E-state index contributed by atoms with van der Waals surface area (Å²) in [6.07, 6.45) is 3.17. The van der Waals surface area contributed by atoms with Gasteiger partial charge in [-0.25, -0.2) is 4.98 Å². The van der Waals surface area contributed by atoms with Gasteiger partial charge in [-0.3, -0.25) is 14.9 Å². The lowest BCUT2D eigenvalue weighted by Crippen LogP contribution is -2.31. The molecule has 0 fully saturated rings. The SMILES string of the molecule is CCC(=CC(CNC(=O)c1ccc(N)nc1)N=O)C(C)[N+](=O)[O-]. The number of nitrogens with two attached hydrogens (primary N) is 1. The summed E-state index contributed by atoms with van der Waals surface area (Å²) in [6.45, 7) is 3.14. The van der Waals surface area contributed by atoms with Crippen molar-refractivity contribution >= 4 is 11.7 Å². The lowest BCUT2D eigenvalue weighted by Gasteiger charge is -2.11. The Balaban J connectivity index is 2.72. The van der Waals surface area contributed by atoms with Crippen LogP contribution in [0, 0.1) is 15.0 Å². The van der Waals surface area contributed by atoms with Crippen LogP contribution in [0.2, 0.25) is 0 Å². The number of amides is 1. The van der Waals surface area contributed by atoms with Crippen LogP contribution in [0.3, 0.4) is 0 Å². The van der Waals surface area contributed by atoms with Gasteiger partial charge in [-0.15, -0.1) is 0 Å². The second-order valence-electron chi connectivity index (χ2n) is 4.91. The van der Waals surface area contributed by atoms with Crippen molar-refractivity contribution in [2.75, 3.05) is 12.3 Å². The standard InChI is InChI=1S/C14H19N5O4/c1-3-10(9(2)19(22)23)6-12(18-21)8-17-14(20)11-4-5-13(15)16-7-11/h4-7,9,12H,3,8H2,1-2H3,(H2,15,16)(H,17,20). The van der Waals surface area contributed by atoms with Gasteiger partial charge in [-0.1, -0.05) is 12.1 Å². The minimum absolute atomic E-state index is 0.0549. The third kappa shape index (κ3) is 5.46. The maximum absolute atomic E-state index is 11.9. The number of nitrogens with zero attached hydrogens (tertiary/aromatic N) is 3. The number of nitrogen functional groups attached to an aromatic ring is 1. The highest BCUT2D eigenvalue weighted by Crippen LogP contribution is 2.12. The Labute approximate surface area is 133 Å². The summed E-state index contributed by atoms with van der Waals surface area (Å²) in [6, 6.07) is 1.21. The van der Waals surface area contributed by atoms with E-state index in [4.69, 9.17) is 5.73 Å². The molecular weight excluding hydrogens is 302 g/mol. The number of carbonyl (C=O) groups is 1. The number of hydrogen-bond donors (Lipinski definition) is 2. The fraction of sp³-hybridized carbons (Fsp3) is 0.429. The summed E-state index contributed by atoms with van der Waals surface area (Å²) in [5, 5.41) is 16.3. The molecule has 2 unspecified atom stereocenters. The van der Waals surface area contributed by atoms with E-state index >= 15 is 0 Å². The summed E-state index contributed by atoms with van der Waals surface area (Å²) in [7, 11) is 0. The lowest BCUT2D eigenvalue weighted by molar-refractivity contribution is -0.508. The fourth-order valence-electron chi connectivity index (χ4n) is 1.90. The Bertz CT molecular complexity index is 600. The van der Waals surface area contributed by atoms with Gasteiger partial charge in [0.2, 0.25) is 6.04 Å². The van der Waals surface area contributed by atoms with E-state index < -0.39 is 22.9 Å². The van der Waals surface area contributed by atoms with Crippen LogP contribution < -0.4 is 11.1 Å². The molecule has 9 nitrogen and oxygen atoms in total. The average molecular weight is 321 g/mol. The minimum atomic E-state index is -0.902. The van der Waals surface area contributed by atoms with Gasteiger partial charge in [0, 0.05) is 30.2 Å². The van der Waals surface area contributed by atoms with Gasteiger partial charge in [0.05, 0.1) is 5.56 Å². The first-order valence-electron chi connectivity index (χ1n) is 7.05. The molecule has 0 aromatic carbocycles. The molecular formula is C14H19N5O4. The summed E-state index contributed by atoms with van der Waals surface area (Å²) in [4.78, 5) is 37.0. The molecule has 124 valence electrons. The topological polar surface area (TPSA) is 141 Å². The number of hydrogen-bond acceptors (Lipinski definition) is 7. The zero-order valence-corrected chi connectivity index (χ0v) is 12.9. The molecule has 2 atom stereocenters. The number of pyridine rings is 1. The molecule has 1 aromatic heterocycles. The number of nitro groups is 1. The van der Waals surface area contributed by atoms with Gasteiger partial charge in [0.1, 0.15) is 11.9 Å². The van der Waals surface area contributed by atoms with Crippen LogP contribution in [-0.4, -0.2) is 34.4 Å². The Hall–Kier alpha value is -2.84. The summed E-state index contributed by atoms with van der Waals surface area (Å²) < 4.78 is 0. The fourth-order valence-corrected chi connectivity index (χ4v) is 1.90. The van der Waals surface area contributed by atoms with Crippen LogP contribution in [0.5, 0.6) is 0 Å². The molecule has 1 aromatic rings. The molecule has 1 amide bonds. The van der Waals surface area contributed by atoms with E-state index in [1.54, 1.807) is 6.92 Å². The van der Waals surface area contributed by atoms with Gasteiger partial charge in [-0.2, -0.15) is 4.91 Å². The predicted octanol–water partition coefficient (Wildman–Crippen LogP) is 1.53. The third-order valence-corrected chi connectivity index (χ3v) is 3.32. The van der Waals surface area contributed by atoms with Crippen molar-refractivity contribution in [3.05, 3.63) is 50.6 Å². The zero-order chi connectivity index (χ0) is 17.4. The number of nitrogens with one attached hydrogen (secondary N) is 1. The molecule has 1 rings (SSSR count). The van der Waals surface area contributed by atoms with Crippen molar-refractivity contribution in [2.45, 2.75) is 32.4 Å². The van der Waals surface area contributed by atoms with E-state index in [1.807, 2.05) is 0 Å². The lowest BCUT2D eigenvalue weighted by atomic mass is 10.0. The van der Waals surface area contributed by atoms with Gasteiger partial charge < -0.3 is 11.1 Å². The van der Waals surface area contributed by atoms with Crippen LogP contribution in [0.1, 0.15) is 30.6 Å². The van der Waals surface area contributed by atoms with Gasteiger partial charge in [0.25, 0.3) is 5.91 Å². The number of anilines is 1. The van der Waals surface area contributed by atoms with Crippen LogP contribution in [-0.2, 0) is 0 Å². The Kier molecular flexibility index (Phi) is 6.78. The van der Waals surface area contributed by atoms with E-state index in [0.29, 0.717) is 23.4 Å². The highest BCUT2D eigenvalue weighted by molar-refractivity contribution is 5.94. The second kappa shape index (κ2) is 8.57. The molecule has 23 heavy (non-hydrogen) atoms. The largest absolute Gasteiger partial charge is 0.384 e. The van der Waals surface area contributed by atoms with E-state index in [0.717, 1.165) is 0 Å². The van der Waals surface area contributed by atoms with Crippen molar-refractivity contribution in [2.24, 2.45) is 5.18 Å².